The fraction of sp³-hybridized carbons (Fsp3) is 0.348. The minimum atomic E-state index is -0.246. The number of carbonyl (C=O) groups is 1. The van der Waals surface area contributed by atoms with Crippen molar-refractivity contribution in [3.05, 3.63) is 53.6 Å². The number of hydrogen-bond acceptors (Lipinski definition) is 4. The Bertz CT molecular complexity index is 906. The molecule has 0 bridgehead atoms. The maximum Gasteiger partial charge on any atom is 0.258 e. The van der Waals surface area contributed by atoms with Crippen LogP contribution in [0.2, 0.25) is 0 Å². The van der Waals surface area contributed by atoms with E-state index < -0.39 is 0 Å². The molecule has 1 aliphatic heterocycles. The molecular weight excluding hydrogens is 352 g/mol. The van der Waals surface area contributed by atoms with E-state index in [1.54, 1.807) is 0 Å². The van der Waals surface area contributed by atoms with E-state index in [0.717, 1.165) is 29.0 Å². The number of anilines is 1. The van der Waals surface area contributed by atoms with Crippen molar-refractivity contribution in [3.63, 3.8) is 0 Å². The Hall–Kier alpha value is -3.13. The molecule has 0 aliphatic carbocycles. The Balaban J connectivity index is 1.47. The van der Waals surface area contributed by atoms with Gasteiger partial charge in [0, 0.05) is 37.3 Å². The minimum Gasteiger partial charge on any atom is -0.483 e. The fourth-order valence-corrected chi connectivity index (χ4v) is 3.03. The van der Waals surface area contributed by atoms with Crippen LogP contribution in [0.1, 0.15) is 25.0 Å². The predicted octanol–water partition coefficient (Wildman–Crippen LogP) is 3.01. The molecule has 146 valence electrons. The van der Waals surface area contributed by atoms with Gasteiger partial charge in [0.05, 0.1) is 6.54 Å². The van der Waals surface area contributed by atoms with Crippen LogP contribution in [0.15, 0.2) is 42.5 Å². The van der Waals surface area contributed by atoms with Gasteiger partial charge in [-0.2, -0.15) is 0 Å². The Kier molecular flexibility index (Phi) is 5.79. The molecule has 0 atom stereocenters. The number of amides is 1. The normalized spacial score (nSPS) is 13.6. The summed E-state index contributed by atoms with van der Waals surface area (Å²) in [7, 11) is 3.99. The van der Waals surface area contributed by atoms with E-state index in [4.69, 9.17) is 9.47 Å². The average molecular weight is 378 g/mol. The third kappa shape index (κ3) is 4.98. The highest BCUT2D eigenvalue weighted by Crippen LogP contribution is 2.41. The second-order valence-electron chi connectivity index (χ2n) is 7.59. The zero-order chi connectivity index (χ0) is 20.1. The topological polar surface area (TPSA) is 50.8 Å². The number of rotatable bonds is 5. The number of hydrogen-bond donors (Lipinski definition) is 1. The summed E-state index contributed by atoms with van der Waals surface area (Å²) in [5.41, 5.74) is 2.89. The number of nitrogens with zero attached hydrogens (tertiary/aromatic N) is 1. The lowest BCUT2D eigenvalue weighted by Crippen LogP contribution is -2.29. The number of para-hydroxylation sites is 1. The Morgan fingerprint density at radius 3 is 2.68 bits per heavy atom. The van der Waals surface area contributed by atoms with E-state index in [1.165, 1.54) is 0 Å². The van der Waals surface area contributed by atoms with Crippen LogP contribution in [0, 0.1) is 11.8 Å². The van der Waals surface area contributed by atoms with Gasteiger partial charge in [0.2, 0.25) is 0 Å². The summed E-state index contributed by atoms with van der Waals surface area (Å²) >= 11 is 0. The SMILES string of the molecule is CN(C)c1ccc(C#CCNC(=O)COc2cccc3c2OC(C)(C)C3)cc1. The quantitative estimate of drug-likeness (QED) is 0.813. The van der Waals surface area contributed by atoms with Crippen molar-refractivity contribution in [2.75, 3.05) is 32.1 Å². The number of fused-ring (bicyclic) bond motifs is 1. The second kappa shape index (κ2) is 8.26. The largest absolute Gasteiger partial charge is 0.483 e. The molecule has 0 saturated carbocycles. The number of ether oxygens (including phenoxy) is 2. The predicted molar refractivity (Wildman–Crippen MR) is 111 cm³/mol. The molecule has 0 radical (unpaired) electrons. The summed E-state index contributed by atoms with van der Waals surface area (Å²) in [6, 6.07) is 13.7. The molecule has 1 heterocycles. The van der Waals surface area contributed by atoms with E-state index in [9.17, 15) is 4.79 Å². The van der Waals surface area contributed by atoms with Crippen molar-refractivity contribution in [2.45, 2.75) is 25.9 Å². The number of nitrogens with one attached hydrogen (secondary N) is 1. The second-order valence-corrected chi connectivity index (χ2v) is 7.59. The van der Waals surface area contributed by atoms with Gasteiger partial charge >= 0.3 is 0 Å². The molecule has 5 heteroatoms. The van der Waals surface area contributed by atoms with Gasteiger partial charge in [0.15, 0.2) is 18.1 Å². The molecule has 0 saturated heterocycles. The molecule has 0 spiro atoms. The molecule has 1 aliphatic rings. The van der Waals surface area contributed by atoms with Gasteiger partial charge in [0.1, 0.15) is 5.60 Å². The van der Waals surface area contributed by atoms with Gasteiger partial charge < -0.3 is 19.7 Å². The van der Waals surface area contributed by atoms with Crippen molar-refractivity contribution in [2.24, 2.45) is 0 Å². The molecule has 1 N–H and O–H groups in total. The maximum atomic E-state index is 12.0. The summed E-state index contributed by atoms with van der Waals surface area (Å²) in [5.74, 6) is 7.12. The third-order valence-electron chi connectivity index (χ3n) is 4.40. The molecule has 0 unspecified atom stereocenters. The first-order valence-electron chi connectivity index (χ1n) is 9.31. The van der Waals surface area contributed by atoms with Crippen LogP contribution in [0.5, 0.6) is 11.5 Å². The molecule has 3 rings (SSSR count). The lowest BCUT2D eigenvalue weighted by atomic mass is 10.0. The van der Waals surface area contributed by atoms with E-state index in [1.807, 2.05) is 75.3 Å². The fourth-order valence-electron chi connectivity index (χ4n) is 3.03. The summed E-state index contributed by atoms with van der Waals surface area (Å²) < 4.78 is 11.6. The highest BCUT2D eigenvalue weighted by molar-refractivity contribution is 5.78. The van der Waals surface area contributed by atoms with Crippen molar-refractivity contribution >= 4 is 11.6 Å². The highest BCUT2D eigenvalue weighted by Gasteiger charge is 2.32. The number of carbonyl (C=O) groups excluding carboxylic acids is 1. The van der Waals surface area contributed by atoms with Gasteiger partial charge in [0.25, 0.3) is 5.91 Å². The molecule has 1 amide bonds. The standard InChI is InChI=1S/C23H26N2O3/c1-23(2)15-18-8-5-9-20(22(18)28-23)27-16-21(26)24-14-6-7-17-10-12-19(13-11-17)25(3)4/h5,8-13H,14-16H2,1-4H3,(H,24,26). The van der Waals surface area contributed by atoms with Crippen LogP contribution in [0.3, 0.4) is 0 Å². The molecule has 5 nitrogen and oxygen atoms in total. The van der Waals surface area contributed by atoms with Gasteiger partial charge in [-0.3, -0.25) is 4.79 Å². The van der Waals surface area contributed by atoms with Crippen LogP contribution in [-0.4, -0.2) is 38.8 Å². The summed E-state index contributed by atoms with van der Waals surface area (Å²) in [6.45, 7) is 4.28. The zero-order valence-electron chi connectivity index (χ0n) is 16.8. The summed E-state index contributed by atoms with van der Waals surface area (Å²) in [5, 5.41) is 2.75. The van der Waals surface area contributed by atoms with Gasteiger partial charge in [-0.25, -0.2) is 0 Å². The number of benzene rings is 2. The lowest BCUT2D eigenvalue weighted by Gasteiger charge is -2.18. The van der Waals surface area contributed by atoms with E-state index in [0.29, 0.717) is 5.75 Å². The monoisotopic (exact) mass is 378 g/mol. The molecule has 0 fully saturated rings. The smallest absolute Gasteiger partial charge is 0.258 e. The minimum absolute atomic E-state index is 0.0700. The van der Waals surface area contributed by atoms with Crippen molar-refractivity contribution in [1.82, 2.24) is 5.32 Å². The Morgan fingerprint density at radius 1 is 1.21 bits per heavy atom. The van der Waals surface area contributed by atoms with E-state index in [-0.39, 0.29) is 24.7 Å². The van der Waals surface area contributed by atoms with Crippen LogP contribution >= 0.6 is 0 Å². The Morgan fingerprint density at radius 2 is 1.96 bits per heavy atom. The Labute approximate surface area is 166 Å². The molecule has 0 aromatic heterocycles. The molecule has 2 aromatic rings. The van der Waals surface area contributed by atoms with Crippen molar-refractivity contribution in [1.29, 1.82) is 0 Å². The van der Waals surface area contributed by atoms with Crippen molar-refractivity contribution in [3.8, 4) is 23.3 Å². The van der Waals surface area contributed by atoms with Crippen LogP contribution in [0.25, 0.3) is 0 Å². The molecule has 28 heavy (non-hydrogen) atoms. The van der Waals surface area contributed by atoms with Crippen LogP contribution in [0.4, 0.5) is 5.69 Å². The first kappa shape index (κ1) is 19.6. The van der Waals surface area contributed by atoms with Gasteiger partial charge in [-0.15, -0.1) is 0 Å². The summed E-state index contributed by atoms with van der Waals surface area (Å²) in [6.07, 6.45) is 0.830. The molecular formula is C23H26N2O3. The van der Waals surface area contributed by atoms with Gasteiger partial charge in [-0.05, 0) is 44.2 Å². The average Bonchev–Trinajstić information content (AvgIpc) is 2.98. The van der Waals surface area contributed by atoms with E-state index >= 15 is 0 Å². The highest BCUT2D eigenvalue weighted by atomic mass is 16.5. The van der Waals surface area contributed by atoms with Gasteiger partial charge in [-0.1, -0.05) is 24.0 Å². The third-order valence-corrected chi connectivity index (χ3v) is 4.40. The first-order valence-corrected chi connectivity index (χ1v) is 9.31. The van der Waals surface area contributed by atoms with Crippen molar-refractivity contribution < 1.29 is 14.3 Å². The lowest BCUT2D eigenvalue weighted by molar-refractivity contribution is -0.122. The van der Waals surface area contributed by atoms with Crippen LogP contribution in [-0.2, 0) is 11.2 Å². The first-order chi connectivity index (χ1) is 13.3. The zero-order valence-corrected chi connectivity index (χ0v) is 16.8. The molecule has 2 aromatic carbocycles. The summed E-state index contributed by atoms with van der Waals surface area (Å²) in [4.78, 5) is 14.1. The van der Waals surface area contributed by atoms with Crippen LogP contribution < -0.4 is 19.7 Å². The maximum absolute atomic E-state index is 12.0. The van der Waals surface area contributed by atoms with E-state index in [2.05, 4.69) is 17.2 Å².